The Hall–Kier alpha value is -0.610. The second kappa shape index (κ2) is 3.87. The highest BCUT2D eigenvalue weighted by atomic mass is 16.2. The zero-order valence-corrected chi connectivity index (χ0v) is 8.78. The van der Waals surface area contributed by atoms with E-state index >= 15 is 0 Å². The molecule has 14 heavy (non-hydrogen) atoms. The molecule has 1 aliphatic carbocycles. The number of carbonyl (C=O) groups excluding carboxylic acids is 1. The molecule has 1 amide bonds. The van der Waals surface area contributed by atoms with Gasteiger partial charge in [0.05, 0.1) is 6.04 Å². The summed E-state index contributed by atoms with van der Waals surface area (Å²) in [4.78, 5) is 16.1. The molecule has 1 unspecified atom stereocenters. The van der Waals surface area contributed by atoms with Gasteiger partial charge in [0.15, 0.2) is 0 Å². The Morgan fingerprint density at radius 1 is 1.43 bits per heavy atom. The lowest BCUT2D eigenvalue weighted by atomic mass is 10.1. The van der Waals surface area contributed by atoms with E-state index in [-0.39, 0.29) is 11.9 Å². The van der Waals surface area contributed by atoms with Crippen LogP contribution < -0.4 is 5.73 Å². The first-order valence-corrected chi connectivity index (χ1v) is 5.45. The number of amides is 1. The molecule has 1 aliphatic heterocycles. The third-order valence-electron chi connectivity index (χ3n) is 3.21. The Bertz CT molecular complexity index is 227. The van der Waals surface area contributed by atoms with E-state index in [2.05, 4.69) is 4.90 Å². The summed E-state index contributed by atoms with van der Waals surface area (Å²) in [7, 11) is 1.89. The molecular formula is C10H19N3O. The van der Waals surface area contributed by atoms with Crippen LogP contribution in [0.1, 0.15) is 19.3 Å². The summed E-state index contributed by atoms with van der Waals surface area (Å²) in [6.45, 7) is 2.50. The van der Waals surface area contributed by atoms with Crippen LogP contribution in [0.25, 0.3) is 0 Å². The van der Waals surface area contributed by atoms with Crippen LogP contribution in [0.2, 0.25) is 0 Å². The average molecular weight is 197 g/mol. The Morgan fingerprint density at radius 2 is 2.14 bits per heavy atom. The minimum atomic E-state index is 0.0613. The SMILES string of the molecule is CN1CCN(C2CC2)C(CCN)C1=O. The van der Waals surface area contributed by atoms with Gasteiger partial charge in [0.1, 0.15) is 0 Å². The van der Waals surface area contributed by atoms with Crippen LogP contribution in [0.15, 0.2) is 0 Å². The van der Waals surface area contributed by atoms with Gasteiger partial charge in [0.25, 0.3) is 0 Å². The van der Waals surface area contributed by atoms with Crippen molar-refractivity contribution in [3.63, 3.8) is 0 Å². The van der Waals surface area contributed by atoms with Gasteiger partial charge < -0.3 is 10.6 Å². The van der Waals surface area contributed by atoms with Crippen LogP contribution in [-0.2, 0) is 4.79 Å². The molecule has 80 valence electrons. The standard InChI is InChI=1S/C10H19N3O/c1-12-6-7-13(8-2-3-8)9(4-5-11)10(12)14/h8-9H,2-7,11H2,1H3. The number of hydrogen-bond acceptors (Lipinski definition) is 3. The largest absolute Gasteiger partial charge is 0.343 e. The predicted octanol–water partition coefficient (Wildman–Crippen LogP) is -0.360. The number of nitrogens with two attached hydrogens (primary N) is 1. The first-order chi connectivity index (χ1) is 6.74. The van der Waals surface area contributed by atoms with E-state index in [9.17, 15) is 4.79 Å². The lowest BCUT2D eigenvalue weighted by Gasteiger charge is -2.39. The maximum absolute atomic E-state index is 11.9. The fourth-order valence-electron chi connectivity index (χ4n) is 2.22. The van der Waals surface area contributed by atoms with Gasteiger partial charge in [-0.05, 0) is 25.8 Å². The van der Waals surface area contributed by atoms with Crippen molar-refractivity contribution in [1.29, 1.82) is 0 Å². The van der Waals surface area contributed by atoms with Gasteiger partial charge in [0.2, 0.25) is 5.91 Å². The molecule has 0 radical (unpaired) electrons. The second-order valence-corrected chi connectivity index (χ2v) is 4.32. The Labute approximate surface area is 85.0 Å². The van der Waals surface area contributed by atoms with Gasteiger partial charge in [-0.3, -0.25) is 9.69 Å². The van der Waals surface area contributed by atoms with Crippen molar-refractivity contribution in [1.82, 2.24) is 9.80 Å². The highest BCUT2D eigenvalue weighted by molar-refractivity contribution is 5.82. The van der Waals surface area contributed by atoms with Gasteiger partial charge in [-0.15, -0.1) is 0 Å². The Balaban J connectivity index is 2.04. The third kappa shape index (κ3) is 1.77. The van der Waals surface area contributed by atoms with E-state index in [0.29, 0.717) is 12.6 Å². The molecule has 2 aliphatic rings. The number of piperazine rings is 1. The van der Waals surface area contributed by atoms with E-state index in [1.165, 1.54) is 12.8 Å². The molecule has 0 aromatic rings. The first kappa shape index (κ1) is 9.93. The minimum absolute atomic E-state index is 0.0613. The van der Waals surface area contributed by atoms with Crippen LogP contribution >= 0.6 is 0 Å². The summed E-state index contributed by atoms with van der Waals surface area (Å²) < 4.78 is 0. The predicted molar refractivity (Wildman–Crippen MR) is 54.8 cm³/mol. The number of nitrogens with zero attached hydrogens (tertiary/aromatic N) is 2. The molecule has 4 nitrogen and oxygen atoms in total. The fourth-order valence-corrected chi connectivity index (χ4v) is 2.22. The van der Waals surface area contributed by atoms with E-state index in [0.717, 1.165) is 19.5 Å². The Morgan fingerprint density at radius 3 is 2.71 bits per heavy atom. The summed E-state index contributed by atoms with van der Waals surface area (Å²) in [6.07, 6.45) is 3.33. The maximum atomic E-state index is 11.9. The highest BCUT2D eigenvalue weighted by Gasteiger charge is 2.40. The maximum Gasteiger partial charge on any atom is 0.239 e. The van der Waals surface area contributed by atoms with E-state index < -0.39 is 0 Å². The third-order valence-corrected chi connectivity index (χ3v) is 3.21. The normalized spacial score (nSPS) is 29.7. The topological polar surface area (TPSA) is 49.6 Å². The van der Waals surface area contributed by atoms with Crippen LogP contribution in [0.4, 0.5) is 0 Å². The lowest BCUT2D eigenvalue weighted by molar-refractivity contribution is -0.140. The highest BCUT2D eigenvalue weighted by Crippen LogP contribution is 2.31. The summed E-state index contributed by atoms with van der Waals surface area (Å²) in [6, 6.07) is 0.732. The number of rotatable bonds is 3. The summed E-state index contributed by atoms with van der Waals surface area (Å²) in [5, 5.41) is 0. The molecule has 4 heteroatoms. The zero-order chi connectivity index (χ0) is 10.1. The van der Waals surface area contributed by atoms with Crippen molar-refractivity contribution in [2.45, 2.75) is 31.3 Å². The van der Waals surface area contributed by atoms with Crippen molar-refractivity contribution in [2.75, 3.05) is 26.7 Å². The fraction of sp³-hybridized carbons (Fsp3) is 0.900. The molecule has 2 rings (SSSR count). The molecule has 1 saturated heterocycles. The molecule has 1 atom stereocenters. The molecule has 2 fully saturated rings. The molecule has 1 saturated carbocycles. The quantitative estimate of drug-likeness (QED) is 0.672. The number of hydrogen-bond donors (Lipinski definition) is 1. The summed E-state index contributed by atoms with van der Waals surface area (Å²) >= 11 is 0. The van der Waals surface area contributed by atoms with Crippen LogP contribution in [0.5, 0.6) is 0 Å². The van der Waals surface area contributed by atoms with Gasteiger partial charge in [-0.25, -0.2) is 0 Å². The van der Waals surface area contributed by atoms with E-state index in [1.807, 2.05) is 11.9 Å². The van der Waals surface area contributed by atoms with Gasteiger partial charge in [-0.2, -0.15) is 0 Å². The van der Waals surface area contributed by atoms with Gasteiger partial charge >= 0.3 is 0 Å². The van der Waals surface area contributed by atoms with Crippen molar-refractivity contribution >= 4 is 5.91 Å². The summed E-state index contributed by atoms with van der Waals surface area (Å²) in [5.41, 5.74) is 5.55. The van der Waals surface area contributed by atoms with Crippen molar-refractivity contribution in [2.24, 2.45) is 5.73 Å². The molecule has 0 aromatic carbocycles. The average Bonchev–Trinajstić information content (AvgIpc) is 2.97. The molecule has 0 aromatic heterocycles. The van der Waals surface area contributed by atoms with Gasteiger partial charge in [0, 0.05) is 26.2 Å². The van der Waals surface area contributed by atoms with Crippen LogP contribution in [-0.4, -0.2) is 54.5 Å². The van der Waals surface area contributed by atoms with Gasteiger partial charge in [-0.1, -0.05) is 0 Å². The van der Waals surface area contributed by atoms with Crippen molar-refractivity contribution in [3.05, 3.63) is 0 Å². The van der Waals surface area contributed by atoms with Crippen LogP contribution in [0, 0.1) is 0 Å². The minimum Gasteiger partial charge on any atom is -0.343 e. The smallest absolute Gasteiger partial charge is 0.239 e. The second-order valence-electron chi connectivity index (χ2n) is 4.32. The zero-order valence-electron chi connectivity index (χ0n) is 8.78. The lowest BCUT2D eigenvalue weighted by Crippen LogP contribution is -2.56. The Kier molecular flexibility index (Phi) is 2.74. The first-order valence-electron chi connectivity index (χ1n) is 5.45. The number of likely N-dealkylation sites (N-methyl/N-ethyl adjacent to an activating group) is 1. The molecule has 0 spiro atoms. The molecular weight excluding hydrogens is 178 g/mol. The van der Waals surface area contributed by atoms with Crippen LogP contribution in [0.3, 0.4) is 0 Å². The molecule has 2 N–H and O–H groups in total. The summed E-state index contributed by atoms with van der Waals surface area (Å²) in [5.74, 6) is 0.258. The molecule has 0 bridgehead atoms. The monoisotopic (exact) mass is 197 g/mol. The van der Waals surface area contributed by atoms with E-state index in [1.54, 1.807) is 0 Å². The van der Waals surface area contributed by atoms with E-state index in [4.69, 9.17) is 5.73 Å². The van der Waals surface area contributed by atoms with Crippen molar-refractivity contribution in [3.8, 4) is 0 Å². The van der Waals surface area contributed by atoms with Crippen molar-refractivity contribution < 1.29 is 4.79 Å². The number of carbonyl (C=O) groups is 1. The molecule has 1 heterocycles.